The summed E-state index contributed by atoms with van der Waals surface area (Å²) < 4.78 is 1.70. The molecule has 3 aromatic heterocycles. The van der Waals surface area contributed by atoms with Crippen molar-refractivity contribution in [3.8, 4) is 6.07 Å². The molecular weight excluding hydrogens is 340 g/mol. The van der Waals surface area contributed by atoms with Crippen LogP contribution in [0.1, 0.15) is 17.0 Å². The van der Waals surface area contributed by atoms with E-state index < -0.39 is 0 Å². The van der Waals surface area contributed by atoms with E-state index in [0.29, 0.717) is 5.69 Å². The summed E-state index contributed by atoms with van der Waals surface area (Å²) in [6, 6.07) is 7.98. The topological polar surface area (TPSA) is 85.4 Å². The Morgan fingerprint density at radius 2 is 1.96 bits per heavy atom. The predicted molar refractivity (Wildman–Crippen MR) is 102 cm³/mol. The quantitative estimate of drug-likeness (QED) is 0.729. The highest BCUT2D eigenvalue weighted by atomic mass is 15.3. The van der Waals surface area contributed by atoms with Gasteiger partial charge in [-0.05, 0) is 18.2 Å². The van der Waals surface area contributed by atoms with Gasteiger partial charge < -0.3 is 15.1 Å². The zero-order chi connectivity index (χ0) is 18.2. The third-order valence-corrected chi connectivity index (χ3v) is 5.31. The van der Waals surface area contributed by atoms with Crippen LogP contribution in [0.4, 0.5) is 11.6 Å². The van der Waals surface area contributed by atoms with Gasteiger partial charge in [-0.25, -0.2) is 14.5 Å². The van der Waals surface area contributed by atoms with Crippen LogP contribution in [0.15, 0.2) is 30.6 Å². The monoisotopic (exact) mass is 360 g/mol. The molecule has 0 aromatic carbocycles. The maximum atomic E-state index is 9.27. The normalized spacial score (nSPS) is 17.0. The number of nitrogens with one attached hydrogen (secondary N) is 1. The van der Waals surface area contributed by atoms with Gasteiger partial charge >= 0.3 is 0 Å². The number of nitrogens with zero attached hydrogens (tertiary/aromatic N) is 7. The van der Waals surface area contributed by atoms with Crippen LogP contribution < -0.4 is 15.1 Å². The maximum Gasteiger partial charge on any atom is 0.225 e. The average Bonchev–Trinajstić information content (AvgIpc) is 3.23. The first kappa shape index (κ1) is 16.0. The molecule has 3 aromatic rings. The van der Waals surface area contributed by atoms with Gasteiger partial charge in [0.25, 0.3) is 0 Å². The maximum absolute atomic E-state index is 9.27. The molecule has 8 heteroatoms. The summed E-state index contributed by atoms with van der Waals surface area (Å²) in [7, 11) is 0. The largest absolute Gasteiger partial charge is 0.365 e. The van der Waals surface area contributed by atoms with Crippen LogP contribution in [0.5, 0.6) is 0 Å². The highest BCUT2D eigenvalue weighted by Gasteiger charge is 2.22. The molecule has 27 heavy (non-hydrogen) atoms. The van der Waals surface area contributed by atoms with Gasteiger partial charge in [0.15, 0.2) is 0 Å². The predicted octanol–water partition coefficient (Wildman–Crippen LogP) is 0.968. The lowest BCUT2D eigenvalue weighted by molar-refractivity contribution is 0.576. The van der Waals surface area contributed by atoms with Crippen molar-refractivity contribution in [1.82, 2.24) is 24.9 Å². The number of hydrogen-bond acceptors (Lipinski definition) is 7. The molecule has 2 aliphatic rings. The van der Waals surface area contributed by atoms with Crippen molar-refractivity contribution in [2.24, 2.45) is 0 Å². The summed E-state index contributed by atoms with van der Waals surface area (Å²) in [5.41, 5.74) is 4.90. The summed E-state index contributed by atoms with van der Waals surface area (Å²) >= 11 is 0. The van der Waals surface area contributed by atoms with Gasteiger partial charge in [-0.3, -0.25) is 0 Å². The fraction of sp³-hybridized carbons (Fsp3) is 0.368. The fourth-order valence-corrected chi connectivity index (χ4v) is 3.88. The molecule has 1 saturated heterocycles. The molecule has 2 aliphatic heterocycles. The second kappa shape index (κ2) is 6.52. The van der Waals surface area contributed by atoms with Crippen LogP contribution in [-0.2, 0) is 13.0 Å². The summed E-state index contributed by atoms with van der Waals surface area (Å²) in [6.45, 7) is 5.52. The van der Waals surface area contributed by atoms with E-state index in [0.717, 1.165) is 68.5 Å². The number of pyridine rings is 1. The second-order valence-electron chi connectivity index (χ2n) is 6.89. The Hall–Kier alpha value is -3.18. The molecule has 0 bridgehead atoms. The minimum Gasteiger partial charge on any atom is -0.365 e. The Morgan fingerprint density at radius 3 is 2.81 bits per heavy atom. The lowest BCUT2D eigenvalue weighted by Gasteiger charge is -2.32. The summed E-state index contributed by atoms with van der Waals surface area (Å²) in [6.07, 6.45) is 4.60. The molecule has 0 amide bonds. The highest BCUT2D eigenvalue weighted by molar-refractivity contribution is 5.74. The van der Waals surface area contributed by atoms with Crippen molar-refractivity contribution in [3.63, 3.8) is 0 Å². The summed E-state index contributed by atoms with van der Waals surface area (Å²) in [5, 5.41) is 16.9. The second-order valence-corrected chi connectivity index (χ2v) is 6.89. The van der Waals surface area contributed by atoms with Gasteiger partial charge in [0.2, 0.25) is 5.95 Å². The Bertz CT molecular complexity index is 1030. The third kappa shape index (κ3) is 2.76. The molecule has 0 atom stereocenters. The number of anilines is 2. The number of fused-ring (bicyclic) bond motifs is 2. The summed E-state index contributed by atoms with van der Waals surface area (Å²) in [5.74, 6) is 0.847. The molecule has 1 N–H and O–H groups in total. The molecule has 136 valence electrons. The van der Waals surface area contributed by atoms with Crippen LogP contribution >= 0.6 is 0 Å². The van der Waals surface area contributed by atoms with Crippen molar-refractivity contribution < 1.29 is 0 Å². The van der Waals surface area contributed by atoms with Crippen LogP contribution in [0, 0.1) is 11.3 Å². The average molecular weight is 360 g/mol. The van der Waals surface area contributed by atoms with E-state index in [1.54, 1.807) is 10.7 Å². The van der Waals surface area contributed by atoms with Crippen LogP contribution in [-0.4, -0.2) is 52.3 Å². The molecular formula is C19H20N8. The molecule has 0 aliphatic carbocycles. The number of piperazine rings is 1. The Labute approximate surface area is 157 Å². The van der Waals surface area contributed by atoms with Gasteiger partial charge in [-0.15, -0.1) is 0 Å². The number of rotatable bonds is 2. The SMILES string of the molecule is N#Cc1ccc(N2CCc3nc(N4CCNCC4)ncc3C2)c2ccnn12. The zero-order valence-electron chi connectivity index (χ0n) is 15.0. The van der Waals surface area contributed by atoms with E-state index in [4.69, 9.17) is 4.98 Å². The molecule has 8 nitrogen and oxygen atoms in total. The standard InChI is InChI=1S/C19H20N8/c20-11-15-1-2-17(18-3-5-23-27(15)18)26-8-4-16-14(13-26)12-22-19(24-16)25-9-6-21-7-10-25/h1-3,5,12,21H,4,6-10,13H2. The molecule has 0 saturated carbocycles. The van der Waals surface area contributed by atoms with Crippen LogP contribution in [0.2, 0.25) is 0 Å². The fourth-order valence-electron chi connectivity index (χ4n) is 3.88. The van der Waals surface area contributed by atoms with Crippen molar-refractivity contribution >= 4 is 17.2 Å². The third-order valence-electron chi connectivity index (χ3n) is 5.31. The van der Waals surface area contributed by atoms with Crippen molar-refractivity contribution in [3.05, 3.63) is 47.5 Å². The minimum absolute atomic E-state index is 0.542. The molecule has 5 heterocycles. The van der Waals surface area contributed by atoms with E-state index in [2.05, 4.69) is 31.3 Å². The Kier molecular flexibility index (Phi) is 3.87. The smallest absolute Gasteiger partial charge is 0.225 e. The molecule has 0 unspecified atom stereocenters. The highest BCUT2D eigenvalue weighted by Crippen LogP contribution is 2.28. The van der Waals surface area contributed by atoms with Crippen molar-refractivity contribution in [2.75, 3.05) is 42.5 Å². The van der Waals surface area contributed by atoms with E-state index in [1.165, 1.54) is 5.56 Å². The summed E-state index contributed by atoms with van der Waals surface area (Å²) in [4.78, 5) is 14.0. The number of aromatic nitrogens is 4. The van der Waals surface area contributed by atoms with Gasteiger partial charge in [0, 0.05) is 57.4 Å². The zero-order valence-corrected chi connectivity index (χ0v) is 15.0. The minimum atomic E-state index is 0.542. The van der Waals surface area contributed by atoms with Crippen LogP contribution in [0.25, 0.3) is 5.52 Å². The first-order valence-corrected chi connectivity index (χ1v) is 9.26. The Balaban J connectivity index is 1.43. The Morgan fingerprint density at radius 1 is 1.07 bits per heavy atom. The van der Waals surface area contributed by atoms with Gasteiger partial charge in [0.05, 0.1) is 23.1 Å². The molecule has 0 spiro atoms. The van der Waals surface area contributed by atoms with Crippen molar-refractivity contribution in [1.29, 1.82) is 5.26 Å². The lowest BCUT2D eigenvalue weighted by Crippen LogP contribution is -2.44. The number of hydrogen-bond donors (Lipinski definition) is 1. The van der Waals surface area contributed by atoms with Crippen LogP contribution in [0.3, 0.4) is 0 Å². The first-order valence-electron chi connectivity index (χ1n) is 9.26. The molecule has 5 rings (SSSR count). The lowest BCUT2D eigenvalue weighted by atomic mass is 10.1. The molecule has 0 radical (unpaired) electrons. The van der Waals surface area contributed by atoms with Gasteiger partial charge in [-0.2, -0.15) is 10.4 Å². The van der Waals surface area contributed by atoms with Gasteiger partial charge in [0.1, 0.15) is 11.8 Å². The number of nitriles is 1. The van der Waals surface area contributed by atoms with Crippen molar-refractivity contribution in [2.45, 2.75) is 13.0 Å². The molecule has 1 fully saturated rings. The van der Waals surface area contributed by atoms with E-state index in [1.807, 2.05) is 24.4 Å². The van der Waals surface area contributed by atoms with E-state index in [9.17, 15) is 5.26 Å². The van der Waals surface area contributed by atoms with E-state index >= 15 is 0 Å². The first-order chi connectivity index (χ1) is 13.3. The van der Waals surface area contributed by atoms with E-state index in [-0.39, 0.29) is 0 Å². The van der Waals surface area contributed by atoms with Gasteiger partial charge in [-0.1, -0.05) is 0 Å².